The van der Waals surface area contributed by atoms with Gasteiger partial charge in [0.15, 0.2) is 6.17 Å². The van der Waals surface area contributed by atoms with Gasteiger partial charge in [0.2, 0.25) is 0 Å². The largest absolute Gasteiger partial charge is 0.478 e. The van der Waals surface area contributed by atoms with Crippen molar-refractivity contribution in [2.75, 3.05) is 0 Å². The van der Waals surface area contributed by atoms with Crippen molar-refractivity contribution in [2.45, 2.75) is 33.9 Å². The van der Waals surface area contributed by atoms with Gasteiger partial charge in [0.1, 0.15) is 0 Å². The monoisotopic (exact) mass is 324 g/mol. The third-order valence-corrected chi connectivity index (χ3v) is 3.98. The number of aromatic carboxylic acids is 1. The Hall–Kier alpha value is -2.89. The summed E-state index contributed by atoms with van der Waals surface area (Å²) in [5.74, 6) is -0.947. The molecule has 0 aliphatic rings. The number of rotatable bonds is 4. The highest BCUT2D eigenvalue weighted by atomic mass is 16.4. The molecular formula is C18H20N4O2. The summed E-state index contributed by atoms with van der Waals surface area (Å²) in [6.45, 7) is 7.85. The molecule has 124 valence electrons. The van der Waals surface area contributed by atoms with Crippen LogP contribution < -0.4 is 0 Å². The number of hydrogen-bond acceptors (Lipinski definition) is 3. The molecule has 0 spiro atoms. The zero-order valence-electron chi connectivity index (χ0n) is 14.2. The Morgan fingerprint density at radius 1 is 0.958 bits per heavy atom. The molecular weight excluding hydrogens is 304 g/mol. The minimum Gasteiger partial charge on any atom is -0.478 e. The maximum absolute atomic E-state index is 11.3. The smallest absolute Gasteiger partial charge is 0.335 e. The fourth-order valence-electron chi connectivity index (χ4n) is 3.01. The zero-order valence-corrected chi connectivity index (χ0v) is 14.2. The standard InChI is InChI=1S/C18H20N4O2/c1-11-8-13(3)21(19-11)17(22-14(4)9-12(2)20-22)15-6-5-7-16(10-15)18(23)24/h5-10,17H,1-4H3,(H,23,24). The number of carboxylic acid groups (broad SMARTS) is 1. The van der Waals surface area contributed by atoms with Crippen LogP contribution in [0.3, 0.4) is 0 Å². The van der Waals surface area contributed by atoms with Crippen molar-refractivity contribution in [1.82, 2.24) is 19.6 Å². The predicted octanol–water partition coefficient (Wildman–Crippen LogP) is 3.11. The van der Waals surface area contributed by atoms with E-state index < -0.39 is 5.97 Å². The first-order valence-corrected chi connectivity index (χ1v) is 7.75. The Balaban J connectivity index is 2.23. The highest BCUT2D eigenvalue weighted by Crippen LogP contribution is 2.25. The van der Waals surface area contributed by atoms with Gasteiger partial charge in [-0.3, -0.25) is 0 Å². The Morgan fingerprint density at radius 3 is 1.92 bits per heavy atom. The lowest BCUT2D eigenvalue weighted by Gasteiger charge is -2.22. The minimum atomic E-state index is -0.947. The SMILES string of the molecule is Cc1cc(C)n(C(c2cccc(C(=O)O)c2)n2nc(C)cc2C)n1. The summed E-state index contributed by atoms with van der Waals surface area (Å²) in [5, 5.41) is 18.5. The van der Waals surface area contributed by atoms with E-state index in [1.54, 1.807) is 18.2 Å². The molecule has 24 heavy (non-hydrogen) atoms. The number of carboxylic acids is 1. The molecule has 0 atom stereocenters. The third-order valence-electron chi connectivity index (χ3n) is 3.98. The number of benzene rings is 1. The molecule has 0 amide bonds. The molecule has 0 fully saturated rings. The number of aryl methyl sites for hydroxylation is 4. The molecule has 0 bridgehead atoms. The lowest BCUT2D eigenvalue weighted by atomic mass is 10.1. The molecule has 2 aromatic heterocycles. The van der Waals surface area contributed by atoms with E-state index in [1.807, 2.05) is 55.3 Å². The van der Waals surface area contributed by atoms with Crippen molar-refractivity contribution < 1.29 is 9.90 Å². The number of carbonyl (C=O) groups is 1. The van der Waals surface area contributed by atoms with Gasteiger partial charge in [0.25, 0.3) is 0 Å². The summed E-state index contributed by atoms with van der Waals surface area (Å²) in [4.78, 5) is 11.3. The molecule has 0 unspecified atom stereocenters. The number of hydrogen-bond donors (Lipinski definition) is 1. The molecule has 6 nitrogen and oxygen atoms in total. The van der Waals surface area contributed by atoms with Gasteiger partial charge in [-0.2, -0.15) is 10.2 Å². The Kier molecular flexibility index (Phi) is 3.97. The lowest BCUT2D eigenvalue weighted by molar-refractivity contribution is 0.0696. The Morgan fingerprint density at radius 2 is 1.50 bits per heavy atom. The number of nitrogens with zero attached hydrogens (tertiary/aromatic N) is 4. The van der Waals surface area contributed by atoms with Crippen LogP contribution in [0.25, 0.3) is 0 Å². The zero-order chi connectivity index (χ0) is 17.4. The van der Waals surface area contributed by atoms with Crippen LogP contribution in [0.4, 0.5) is 0 Å². The summed E-state index contributed by atoms with van der Waals surface area (Å²) >= 11 is 0. The minimum absolute atomic E-state index is 0.251. The molecule has 0 saturated heterocycles. The van der Waals surface area contributed by atoms with Crippen molar-refractivity contribution in [2.24, 2.45) is 0 Å². The quantitative estimate of drug-likeness (QED) is 0.800. The second-order valence-electron chi connectivity index (χ2n) is 6.05. The van der Waals surface area contributed by atoms with E-state index in [9.17, 15) is 9.90 Å². The fourth-order valence-corrected chi connectivity index (χ4v) is 3.01. The van der Waals surface area contributed by atoms with Crippen molar-refractivity contribution in [1.29, 1.82) is 0 Å². The lowest BCUT2D eigenvalue weighted by Crippen LogP contribution is -2.24. The van der Waals surface area contributed by atoms with Gasteiger partial charge in [-0.25, -0.2) is 14.2 Å². The molecule has 0 aliphatic carbocycles. The summed E-state index contributed by atoms with van der Waals surface area (Å²) in [6.07, 6.45) is -0.327. The van der Waals surface area contributed by atoms with Gasteiger partial charge in [-0.05, 0) is 57.5 Å². The van der Waals surface area contributed by atoms with E-state index in [-0.39, 0.29) is 11.7 Å². The van der Waals surface area contributed by atoms with E-state index in [0.29, 0.717) is 0 Å². The maximum atomic E-state index is 11.3. The van der Waals surface area contributed by atoms with E-state index in [4.69, 9.17) is 0 Å². The van der Waals surface area contributed by atoms with Crippen LogP contribution in [-0.4, -0.2) is 30.6 Å². The van der Waals surface area contributed by atoms with Crippen molar-refractivity contribution in [3.8, 4) is 0 Å². The van der Waals surface area contributed by atoms with Gasteiger partial charge in [0.05, 0.1) is 17.0 Å². The van der Waals surface area contributed by atoms with Crippen molar-refractivity contribution >= 4 is 5.97 Å². The molecule has 6 heteroatoms. The van der Waals surface area contributed by atoms with Gasteiger partial charge in [-0.1, -0.05) is 12.1 Å². The molecule has 2 heterocycles. The second kappa shape index (κ2) is 5.96. The average Bonchev–Trinajstić information content (AvgIpc) is 3.02. The highest BCUT2D eigenvalue weighted by molar-refractivity contribution is 5.87. The second-order valence-corrected chi connectivity index (χ2v) is 6.05. The van der Waals surface area contributed by atoms with Crippen LogP contribution in [0.1, 0.15) is 44.9 Å². The van der Waals surface area contributed by atoms with E-state index in [1.165, 1.54) is 0 Å². The summed E-state index contributed by atoms with van der Waals surface area (Å²) in [7, 11) is 0. The van der Waals surface area contributed by atoms with Gasteiger partial charge in [0, 0.05) is 11.4 Å². The summed E-state index contributed by atoms with van der Waals surface area (Å²) in [6, 6.07) is 10.9. The average molecular weight is 324 g/mol. The van der Waals surface area contributed by atoms with Crippen LogP contribution in [0.5, 0.6) is 0 Å². The Bertz CT molecular complexity index is 861. The van der Waals surface area contributed by atoms with Gasteiger partial charge >= 0.3 is 5.97 Å². The Labute approximate surface area is 140 Å². The first kappa shape index (κ1) is 16.0. The van der Waals surface area contributed by atoms with Crippen LogP contribution in [0.15, 0.2) is 36.4 Å². The molecule has 1 aromatic carbocycles. The van der Waals surface area contributed by atoms with Crippen molar-refractivity contribution in [3.63, 3.8) is 0 Å². The van der Waals surface area contributed by atoms with Gasteiger partial charge < -0.3 is 5.11 Å². The van der Waals surface area contributed by atoms with Crippen LogP contribution >= 0.6 is 0 Å². The first-order valence-electron chi connectivity index (χ1n) is 7.75. The molecule has 1 N–H and O–H groups in total. The summed E-state index contributed by atoms with van der Waals surface area (Å²) in [5.41, 5.74) is 4.88. The molecule has 3 aromatic rings. The third kappa shape index (κ3) is 2.82. The normalized spacial score (nSPS) is 11.2. The fraction of sp³-hybridized carbons (Fsp3) is 0.278. The summed E-state index contributed by atoms with van der Waals surface area (Å²) < 4.78 is 3.77. The van der Waals surface area contributed by atoms with Crippen LogP contribution in [0, 0.1) is 27.7 Å². The molecule has 0 radical (unpaired) electrons. The number of aromatic nitrogens is 4. The van der Waals surface area contributed by atoms with E-state index in [2.05, 4.69) is 10.2 Å². The van der Waals surface area contributed by atoms with Gasteiger partial charge in [-0.15, -0.1) is 0 Å². The highest BCUT2D eigenvalue weighted by Gasteiger charge is 2.22. The predicted molar refractivity (Wildman–Crippen MR) is 90.3 cm³/mol. The molecule has 0 aliphatic heterocycles. The first-order chi connectivity index (χ1) is 11.4. The van der Waals surface area contributed by atoms with E-state index >= 15 is 0 Å². The van der Waals surface area contributed by atoms with Crippen molar-refractivity contribution in [3.05, 3.63) is 70.3 Å². The maximum Gasteiger partial charge on any atom is 0.335 e. The molecule has 0 saturated carbocycles. The van der Waals surface area contributed by atoms with E-state index in [0.717, 1.165) is 28.3 Å². The molecule has 3 rings (SSSR count). The van der Waals surface area contributed by atoms with Crippen LogP contribution in [-0.2, 0) is 0 Å². The topological polar surface area (TPSA) is 72.9 Å². The van der Waals surface area contributed by atoms with Crippen LogP contribution in [0.2, 0.25) is 0 Å².